The minimum atomic E-state index is -3.49. The van der Waals surface area contributed by atoms with Gasteiger partial charge in [0, 0.05) is 20.1 Å². The van der Waals surface area contributed by atoms with Gasteiger partial charge in [0.2, 0.25) is 0 Å². The molecule has 0 aliphatic carbocycles. The fourth-order valence-electron chi connectivity index (χ4n) is 1.75. The van der Waals surface area contributed by atoms with Crippen LogP contribution in [0.4, 0.5) is 0 Å². The third-order valence-electron chi connectivity index (χ3n) is 3.16. The lowest BCUT2D eigenvalue weighted by Crippen LogP contribution is -2.41. The summed E-state index contributed by atoms with van der Waals surface area (Å²) in [4.78, 5) is 11.0. The Morgan fingerprint density at radius 2 is 2.05 bits per heavy atom. The van der Waals surface area contributed by atoms with E-state index in [0.29, 0.717) is 12.5 Å². The van der Waals surface area contributed by atoms with E-state index in [1.807, 2.05) is 11.8 Å². The first-order valence-electron chi connectivity index (χ1n) is 6.31. The molecule has 0 aromatic carbocycles. The molecule has 0 radical (unpaired) electrons. The number of esters is 1. The Morgan fingerprint density at radius 3 is 2.63 bits per heavy atom. The molecule has 112 valence electrons. The lowest BCUT2D eigenvalue weighted by Gasteiger charge is -2.23. The zero-order valence-corrected chi connectivity index (χ0v) is 13.1. The maximum Gasteiger partial charge on any atom is 0.306 e. The molecule has 6 nitrogen and oxygen atoms in total. The second-order valence-electron chi connectivity index (χ2n) is 4.56. The zero-order valence-electron chi connectivity index (χ0n) is 11.4. The Labute approximate surface area is 119 Å². The lowest BCUT2D eigenvalue weighted by molar-refractivity contribution is -0.140. The molecule has 1 heterocycles. The molecule has 0 aromatic heterocycles. The second kappa shape index (κ2) is 8.08. The summed E-state index contributed by atoms with van der Waals surface area (Å²) >= 11 is 1.91. The molecule has 0 unspecified atom stereocenters. The van der Waals surface area contributed by atoms with Crippen molar-refractivity contribution < 1.29 is 17.9 Å². The van der Waals surface area contributed by atoms with Crippen LogP contribution in [0.2, 0.25) is 0 Å². The Hall–Kier alpha value is -0.310. The van der Waals surface area contributed by atoms with Gasteiger partial charge in [0.1, 0.15) is 0 Å². The Morgan fingerprint density at radius 1 is 1.42 bits per heavy atom. The average molecular weight is 310 g/mol. The molecule has 0 aromatic rings. The van der Waals surface area contributed by atoms with E-state index < -0.39 is 16.2 Å². The third-order valence-corrected chi connectivity index (χ3v) is 5.75. The van der Waals surface area contributed by atoms with Gasteiger partial charge in [0.15, 0.2) is 0 Å². The van der Waals surface area contributed by atoms with Crippen LogP contribution in [0, 0.1) is 5.92 Å². The van der Waals surface area contributed by atoms with Crippen molar-refractivity contribution in [2.45, 2.75) is 19.3 Å². The van der Waals surface area contributed by atoms with Gasteiger partial charge in [-0.25, -0.2) is 4.72 Å². The predicted octanol–water partition coefficient (Wildman–Crippen LogP) is 0.459. The Bertz CT molecular complexity index is 380. The highest BCUT2D eigenvalue weighted by molar-refractivity contribution is 7.99. The first-order valence-corrected chi connectivity index (χ1v) is 8.90. The van der Waals surface area contributed by atoms with E-state index in [-0.39, 0.29) is 13.0 Å². The first-order chi connectivity index (χ1) is 8.95. The van der Waals surface area contributed by atoms with Crippen molar-refractivity contribution in [1.29, 1.82) is 0 Å². The van der Waals surface area contributed by atoms with Crippen LogP contribution in [0.25, 0.3) is 0 Å². The molecule has 0 bridgehead atoms. The highest BCUT2D eigenvalue weighted by Crippen LogP contribution is 2.22. The van der Waals surface area contributed by atoms with E-state index in [1.54, 1.807) is 0 Å². The summed E-state index contributed by atoms with van der Waals surface area (Å²) in [6, 6.07) is 0. The molecule has 1 aliphatic rings. The molecule has 0 amide bonds. The van der Waals surface area contributed by atoms with E-state index in [1.165, 1.54) is 14.2 Å². The highest BCUT2D eigenvalue weighted by atomic mass is 32.2. The summed E-state index contributed by atoms with van der Waals surface area (Å²) in [5.41, 5.74) is 0. The number of hydrogen-bond acceptors (Lipinski definition) is 5. The minimum absolute atomic E-state index is 0.0635. The van der Waals surface area contributed by atoms with Crippen LogP contribution in [0.15, 0.2) is 0 Å². The van der Waals surface area contributed by atoms with Crippen LogP contribution in [-0.4, -0.2) is 57.4 Å². The van der Waals surface area contributed by atoms with Crippen LogP contribution < -0.4 is 4.72 Å². The number of hydrogen-bond donors (Lipinski definition) is 1. The van der Waals surface area contributed by atoms with Gasteiger partial charge < -0.3 is 4.74 Å². The number of nitrogens with zero attached hydrogens (tertiary/aromatic N) is 1. The molecule has 1 rings (SSSR count). The van der Waals surface area contributed by atoms with Gasteiger partial charge in [-0.3, -0.25) is 4.79 Å². The molecule has 8 heteroatoms. The quantitative estimate of drug-likeness (QED) is 0.691. The van der Waals surface area contributed by atoms with Crippen molar-refractivity contribution in [2.24, 2.45) is 5.92 Å². The van der Waals surface area contributed by atoms with E-state index in [4.69, 9.17) is 0 Å². The fraction of sp³-hybridized carbons (Fsp3) is 0.909. The maximum absolute atomic E-state index is 11.9. The minimum Gasteiger partial charge on any atom is -0.469 e. The largest absolute Gasteiger partial charge is 0.469 e. The second-order valence-corrected chi connectivity index (χ2v) is 7.64. The van der Waals surface area contributed by atoms with Gasteiger partial charge in [-0.1, -0.05) is 0 Å². The van der Waals surface area contributed by atoms with Gasteiger partial charge in [-0.2, -0.15) is 24.5 Å². The van der Waals surface area contributed by atoms with E-state index >= 15 is 0 Å². The number of methoxy groups -OCH3 is 1. The summed E-state index contributed by atoms with van der Waals surface area (Å²) in [6.45, 7) is 0.605. The molecule has 1 aliphatic heterocycles. The molecular formula is C11H22N2O4S2. The third kappa shape index (κ3) is 6.11. The van der Waals surface area contributed by atoms with Crippen molar-refractivity contribution in [3.05, 3.63) is 0 Å². The normalized spacial score (nSPS) is 17.6. The number of rotatable bonds is 7. The van der Waals surface area contributed by atoms with E-state index in [9.17, 15) is 13.2 Å². The number of carbonyl (C=O) groups excluding carboxylic acids is 1. The topological polar surface area (TPSA) is 75.7 Å². The van der Waals surface area contributed by atoms with Gasteiger partial charge in [-0.15, -0.1) is 0 Å². The predicted molar refractivity (Wildman–Crippen MR) is 76.2 cm³/mol. The fourth-order valence-corrected chi connectivity index (χ4v) is 3.96. The smallest absolute Gasteiger partial charge is 0.306 e. The molecular weight excluding hydrogens is 288 g/mol. The number of thioether (sulfide) groups is 1. The molecule has 1 N–H and O–H groups in total. The molecule has 0 atom stereocenters. The number of ether oxygens (including phenoxy) is 1. The Kier molecular flexibility index (Phi) is 7.12. The highest BCUT2D eigenvalue weighted by Gasteiger charge is 2.21. The van der Waals surface area contributed by atoms with Crippen molar-refractivity contribution in [1.82, 2.24) is 9.03 Å². The van der Waals surface area contributed by atoms with Crippen molar-refractivity contribution in [2.75, 3.05) is 38.8 Å². The zero-order chi connectivity index (χ0) is 14.3. The standard InChI is InChI=1S/C11H22N2O4S2/c1-13(6-3-11(14)17-2)19(15,16)12-9-10-4-7-18-8-5-10/h10,12H,3-9H2,1-2H3. The van der Waals surface area contributed by atoms with Gasteiger partial charge in [0.25, 0.3) is 10.2 Å². The molecule has 1 fully saturated rings. The van der Waals surface area contributed by atoms with Crippen LogP contribution in [0.5, 0.6) is 0 Å². The lowest BCUT2D eigenvalue weighted by atomic mass is 10.0. The number of nitrogens with one attached hydrogen (secondary N) is 1. The van der Waals surface area contributed by atoms with Gasteiger partial charge in [0.05, 0.1) is 13.5 Å². The number of carbonyl (C=O) groups is 1. The molecule has 0 saturated carbocycles. The van der Waals surface area contributed by atoms with Crippen LogP contribution in [0.3, 0.4) is 0 Å². The average Bonchev–Trinajstić information content (AvgIpc) is 2.43. The maximum atomic E-state index is 11.9. The Balaban J connectivity index is 2.34. The monoisotopic (exact) mass is 310 g/mol. The van der Waals surface area contributed by atoms with Gasteiger partial charge >= 0.3 is 5.97 Å². The van der Waals surface area contributed by atoms with E-state index in [0.717, 1.165) is 28.7 Å². The summed E-state index contributed by atoms with van der Waals surface area (Å²) in [5.74, 6) is 2.21. The van der Waals surface area contributed by atoms with Gasteiger partial charge in [-0.05, 0) is 30.3 Å². The molecule has 0 spiro atoms. The molecule has 19 heavy (non-hydrogen) atoms. The van der Waals surface area contributed by atoms with Crippen LogP contribution >= 0.6 is 11.8 Å². The summed E-state index contributed by atoms with van der Waals surface area (Å²) in [5, 5.41) is 0. The first kappa shape index (κ1) is 16.7. The van der Waals surface area contributed by atoms with Crippen molar-refractivity contribution >= 4 is 27.9 Å². The summed E-state index contributed by atoms with van der Waals surface area (Å²) in [6.07, 6.45) is 2.17. The summed E-state index contributed by atoms with van der Waals surface area (Å²) < 4.78 is 32.1. The summed E-state index contributed by atoms with van der Waals surface area (Å²) in [7, 11) is -0.747. The SMILES string of the molecule is COC(=O)CCN(C)S(=O)(=O)NCC1CCSCC1. The van der Waals surface area contributed by atoms with Crippen molar-refractivity contribution in [3.8, 4) is 0 Å². The van der Waals surface area contributed by atoms with Crippen LogP contribution in [-0.2, 0) is 19.7 Å². The van der Waals surface area contributed by atoms with E-state index in [2.05, 4.69) is 9.46 Å². The van der Waals surface area contributed by atoms with Crippen LogP contribution in [0.1, 0.15) is 19.3 Å². The van der Waals surface area contributed by atoms with Crippen molar-refractivity contribution in [3.63, 3.8) is 0 Å². The molecule has 1 saturated heterocycles.